The first-order chi connectivity index (χ1) is 7.63. The summed E-state index contributed by atoms with van der Waals surface area (Å²) < 4.78 is 10.7. The zero-order valence-corrected chi connectivity index (χ0v) is 9.86. The van der Waals surface area contributed by atoms with Gasteiger partial charge in [-0.15, -0.1) is 0 Å². The Morgan fingerprint density at radius 3 is 2.50 bits per heavy atom. The van der Waals surface area contributed by atoms with E-state index in [-0.39, 0.29) is 0 Å². The zero-order chi connectivity index (χ0) is 11.5. The van der Waals surface area contributed by atoms with Gasteiger partial charge in [-0.05, 0) is 33.0 Å². The van der Waals surface area contributed by atoms with Crippen LogP contribution < -0.4 is 0 Å². The Kier molecular flexibility index (Phi) is 3.10. The molecule has 0 N–H and O–H groups in total. The lowest BCUT2D eigenvalue weighted by Crippen LogP contribution is -2.16. The molecule has 2 aromatic rings. The minimum absolute atomic E-state index is 0.737. The second kappa shape index (κ2) is 4.53. The van der Waals surface area contributed by atoms with Crippen molar-refractivity contribution < 1.29 is 8.94 Å². The molecule has 86 valence electrons. The van der Waals surface area contributed by atoms with Crippen LogP contribution in [0.1, 0.15) is 23.0 Å². The number of rotatable bonds is 4. The molecule has 2 rings (SSSR count). The van der Waals surface area contributed by atoms with Gasteiger partial charge in [0.25, 0.3) is 0 Å². The predicted molar refractivity (Wildman–Crippen MR) is 59.9 cm³/mol. The number of aromatic nitrogens is 1. The Balaban J connectivity index is 1.91. The lowest BCUT2D eigenvalue weighted by molar-refractivity contribution is 0.247. The minimum Gasteiger partial charge on any atom is -0.465 e. The first kappa shape index (κ1) is 11.0. The van der Waals surface area contributed by atoms with E-state index < -0.39 is 0 Å². The SMILES string of the molecule is Cc1cc(CN(C)Cc2ccc(C)o2)on1. The third kappa shape index (κ3) is 2.73. The molecular formula is C12H16N2O2. The normalized spacial score (nSPS) is 11.2. The second-order valence-electron chi connectivity index (χ2n) is 4.12. The van der Waals surface area contributed by atoms with E-state index in [0.29, 0.717) is 0 Å². The molecule has 0 amide bonds. The summed E-state index contributed by atoms with van der Waals surface area (Å²) in [5.41, 5.74) is 0.914. The van der Waals surface area contributed by atoms with Crippen molar-refractivity contribution in [2.75, 3.05) is 7.05 Å². The summed E-state index contributed by atoms with van der Waals surface area (Å²) in [6, 6.07) is 5.92. The third-order valence-electron chi connectivity index (χ3n) is 2.32. The second-order valence-corrected chi connectivity index (χ2v) is 4.12. The predicted octanol–water partition coefficient (Wildman–Crippen LogP) is 2.52. The highest BCUT2D eigenvalue weighted by molar-refractivity contribution is 5.06. The molecule has 0 radical (unpaired) electrons. The Labute approximate surface area is 94.8 Å². The average molecular weight is 220 g/mol. The van der Waals surface area contributed by atoms with Gasteiger partial charge in [-0.1, -0.05) is 5.16 Å². The minimum atomic E-state index is 0.737. The van der Waals surface area contributed by atoms with Crippen molar-refractivity contribution in [2.45, 2.75) is 26.9 Å². The zero-order valence-electron chi connectivity index (χ0n) is 9.86. The molecule has 2 heterocycles. The quantitative estimate of drug-likeness (QED) is 0.794. The van der Waals surface area contributed by atoms with Gasteiger partial charge in [-0.25, -0.2) is 0 Å². The molecule has 0 saturated carbocycles. The van der Waals surface area contributed by atoms with Gasteiger partial charge in [0.05, 0.1) is 18.8 Å². The maximum atomic E-state index is 5.51. The molecule has 16 heavy (non-hydrogen) atoms. The van der Waals surface area contributed by atoms with E-state index >= 15 is 0 Å². The van der Waals surface area contributed by atoms with Gasteiger partial charge in [-0.2, -0.15) is 0 Å². The molecule has 4 nitrogen and oxygen atoms in total. The summed E-state index contributed by atoms with van der Waals surface area (Å²) in [5.74, 6) is 2.79. The molecule has 0 unspecified atom stereocenters. The molecule has 4 heteroatoms. The van der Waals surface area contributed by atoms with E-state index in [9.17, 15) is 0 Å². The Hall–Kier alpha value is -1.55. The lowest BCUT2D eigenvalue weighted by atomic mass is 10.3. The van der Waals surface area contributed by atoms with Crippen LogP contribution in [0.15, 0.2) is 27.1 Å². The van der Waals surface area contributed by atoms with Crippen LogP contribution in [0.25, 0.3) is 0 Å². The number of furan rings is 1. The molecule has 0 saturated heterocycles. The summed E-state index contributed by atoms with van der Waals surface area (Å²) in [7, 11) is 2.02. The molecule has 0 bridgehead atoms. The van der Waals surface area contributed by atoms with Gasteiger partial charge in [-0.3, -0.25) is 4.90 Å². The van der Waals surface area contributed by atoms with E-state index in [1.54, 1.807) is 0 Å². The van der Waals surface area contributed by atoms with Crippen molar-refractivity contribution in [1.82, 2.24) is 10.1 Å². The number of hydrogen-bond acceptors (Lipinski definition) is 4. The number of hydrogen-bond donors (Lipinski definition) is 0. The van der Waals surface area contributed by atoms with E-state index in [1.165, 1.54) is 0 Å². The van der Waals surface area contributed by atoms with Gasteiger partial charge in [0, 0.05) is 6.07 Å². The van der Waals surface area contributed by atoms with Crippen LogP contribution in [-0.2, 0) is 13.1 Å². The molecule has 0 aliphatic heterocycles. The van der Waals surface area contributed by atoms with Crippen molar-refractivity contribution in [1.29, 1.82) is 0 Å². The van der Waals surface area contributed by atoms with Gasteiger partial charge < -0.3 is 8.94 Å². The van der Waals surface area contributed by atoms with Crippen molar-refractivity contribution >= 4 is 0 Å². The highest BCUT2D eigenvalue weighted by Gasteiger charge is 2.07. The monoisotopic (exact) mass is 220 g/mol. The van der Waals surface area contributed by atoms with E-state index in [0.717, 1.165) is 36.1 Å². The molecule has 2 aromatic heterocycles. The molecule has 0 aliphatic carbocycles. The van der Waals surface area contributed by atoms with Crippen LogP contribution in [0.5, 0.6) is 0 Å². The van der Waals surface area contributed by atoms with E-state index in [2.05, 4.69) is 10.1 Å². The fourth-order valence-corrected chi connectivity index (χ4v) is 1.65. The highest BCUT2D eigenvalue weighted by Crippen LogP contribution is 2.11. The van der Waals surface area contributed by atoms with Crippen molar-refractivity contribution in [2.24, 2.45) is 0 Å². The number of aryl methyl sites for hydroxylation is 2. The van der Waals surface area contributed by atoms with E-state index in [1.807, 2.05) is 39.1 Å². The number of nitrogens with zero attached hydrogens (tertiary/aromatic N) is 2. The molecular weight excluding hydrogens is 204 g/mol. The Bertz CT molecular complexity index is 417. The van der Waals surface area contributed by atoms with Gasteiger partial charge in [0.1, 0.15) is 11.5 Å². The molecule has 0 aromatic carbocycles. The fraction of sp³-hybridized carbons (Fsp3) is 0.417. The third-order valence-corrected chi connectivity index (χ3v) is 2.32. The van der Waals surface area contributed by atoms with Crippen LogP contribution in [0.2, 0.25) is 0 Å². The lowest BCUT2D eigenvalue weighted by Gasteiger charge is -2.12. The standard InChI is InChI=1S/C12H16N2O2/c1-9-6-12(16-13-9)8-14(3)7-11-5-4-10(2)15-11/h4-6H,7-8H2,1-3H3. The first-order valence-electron chi connectivity index (χ1n) is 5.29. The Morgan fingerprint density at radius 2 is 1.94 bits per heavy atom. The van der Waals surface area contributed by atoms with Crippen LogP contribution in [-0.4, -0.2) is 17.1 Å². The summed E-state index contributed by atoms with van der Waals surface area (Å²) in [6.45, 7) is 5.38. The van der Waals surface area contributed by atoms with Crippen LogP contribution in [0.4, 0.5) is 0 Å². The Morgan fingerprint density at radius 1 is 1.19 bits per heavy atom. The first-order valence-corrected chi connectivity index (χ1v) is 5.29. The molecule has 0 fully saturated rings. The van der Waals surface area contributed by atoms with Crippen molar-refractivity contribution in [3.05, 3.63) is 41.2 Å². The topological polar surface area (TPSA) is 42.4 Å². The van der Waals surface area contributed by atoms with Crippen LogP contribution in [0, 0.1) is 13.8 Å². The van der Waals surface area contributed by atoms with Gasteiger partial charge >= 0.3 is 0 Å². The maximum absolute atomic E-state index is 5.51. The van der Waals surface area contributed by atoms with E-state index in [4.69, 9.17) is 8.94 Å². The summed E-state index contributed by atoms with van der Waals surface area (Å²) in [6.07, 6.45) is 0. The van der Waals surface area contributed by atoms with Crippen LogP contribution >= 0.6 is 0 Å². The molecule has 0 spiro atoms. The van der Waals surface area contributed by atoms with Gasteiger partial charge in [0.15, 0.2) is 5.76 Å². The highest BCUT2D eigenvalue weighted by atomic mass is 16.5. The van der Waals surface area contributed by atoms with Crippen molar-refractivity contribution in [3.63, 3.8) is 0 Å². The molecule has 0 atom stereocenters. The maximum Gasteiger partial charge on any atom is 0.150 e. The van der Waals surface area contributed by atoms with Crippen LogP contribution in [0.3, 0.4) is 0 Å². The van der Waals surface area contributed by atoms with Crippen molar-refractivity contribution in [3.8, 4) is 0 Å². The largest absolute Gasteiger partial charge is 0.465 e. The van der Waals surface area contributed by atoms with Gasteiger partial charge in [0.2, 0.25) is 0 Å². The fourth-order valence-electron chi connectivity index (χ4n) is 1.65. The summed E-state index contributed by atoms with van der Waals surface area (Å²) in [5, 5.41) is 3.86. The molecule has 0 aliphatic rings. The summed E-state index contributed by atoms with van der Waals surface area (Å²) in [4.78, 5) is 2.12. The average Bonchev–Trinajstić information content (AvgIpc) is 2.76. The summed E-state index contributed by atoms with van der Waals surface area (Å²) >= 11 is 0. The smallest absolute Gasteiger partial charge is 0.150 e.